The highest BCUT2D eigenvalue weighted by atomic mass is 32.2. The predicted octanol–water partition coefficient (Wildman–Crippen LogP) is 1.69. The SMILES string of the molecule is COc1ccc(C(=O)N2CCN(S(=O)(=O)c3cccc(F)c3)CC2)c(O)c1. The first kappa shape index (κ1) is 19.1. The summed E-state index contributed by atoms with van der Waals surface area (Å²) in [6.45, 7) is 0.501. The molecule has 0 atom stereocenters. The molecule has 1 saturated heterocycles. The number of hydrogen-bond acceptors (Lipinski definition) is 5. The molecule has 1 aliphatic heterocycles. The van der Waals surface area contributed by atoms with E-state index in [1.54, 1.807) is 6.07 Å². The highest BCUT2D eigenvalue weighted by Crippen LogP contribution is 2.25. The van der Waals surface area contributed by atoms with Crippen LogP contribution in [0.1, 0.15) is 10.4 Å². The maximum Gasteiger partial charge on any atom is 0.257 e. The normalized spacial score (nSPS) is 15.6. The van der Waals surface area contributed by atoms with Gasteiger partial charge in [-0.05, 0) is 30.3 Å². The summed E-state index contributed by atoms with van der Waals surface area (Å²) in [5.74, 6) is -0.790. The smallest absolute Gasteiger partial charge is 0.257 e. The van der Waals surface area contributed by atoms with Gasteiger partial charge in [0.1, 0.15) is 17.3 Å². The van der Waals surface area contributed by atoms with Crippen molar-refractivity contribution in [2.75, 3.05) is 33.3 Å². The monoisotopic (exact) mass is 394 g/mol. The standard InChI is InChI=1S/C18H19FN2O5S/c1-26-14-5-6-16(17(22)12-14)18(23)20-7-9-21(10-8-20)27(24,25)15-4-2-3-13(19)11-15/h2-6,11-12,22H,7-10H2,1H3. The van der Waals surface area contributed by atoms with Crippen molar-refractivity contribution < 1.29 is 27.4 Å². The number of phenols is 1. The van der Waals surface area contributed by atoms with Crippen molar-refractivity contribution in [1.82, 2.24) is 9.21 Å². The zero-order valence-electron chi connectivity index (χ0n) is 14.6. The minimum Gasteiger partial charge on any atom is -0.507 e. The zero-order valence-corrected chi connectivity index (χ0v) is 15.4. The van der Waals surface area contributed by atoms with Gasteiger partial charge in [0.25, 0.3) is 5.91 Å². The second-order valence-electron chi connectivity index (χ2n) is 6.04. The lowest BCUT2D eigenvalue weighted by atomic mass is 10.1. The van der Waals surface area contributed by atoms with Crippen molar-refractivity contribution in [3.05, 3.63) is 53.8 Å². The number of rotatable bonds is 4. The first-order valence-electron chi connectivity index (χ1n) is 8.25. The molecule has 0 spiro atoms. The minimum absolute atomic E-state index is 0.0848. The molecule has 0 saturated carbocycles. The van der Waals surface area contributed by atoms with E-state index in [4.69, 9.17) is 4.74 Å². The van der Waals surface area contributed by atoms with Crippen LogP contribution in [0.5, 0.6) is 11.5 Å². The Bertz CT molecular complexity index is 956. The van der Waals surface area contributed by atoms with Crippen molar-refractivity contribution in [2.45, 2.75) is 4.90 Å². The molecule has 0 unspecified atom stereocenters. The van der Waals surface area contributed by atoms with Gasteiger partial charge < -0.3 is 14.7 Å². The van der Waals surface area contributed by atoms with Crippen LogP contribution >= 0.6 is 0 Å². The molecule has 144 valence electrons. The number of hydrogen-bond donors (Lipinski definition) is 1. The molecule has 0 radical (unpaired) electrons. The van der Waals surface area contributed by atoms with E-state index in [0.29, 0.717) is 5.75 Å². The van der Waals surface area contributed by atoms with Crippen LogP contribution in [0.25, 0.3) is 0 Å². The van der Waals surface area contributed by atoms with Crippen LogP contribution in [-0.2, 0) is 10.0 Å². The molecule has 0 aliphatic carbocycles. The van der Waals surface area contributed by atoms with Gasteiger partial charge in [0, 0.05) is 32.2 Å². The van der Waals surface area contributed by atoms with Gasteiger partial charge >= 0.3 is 0 Å². The molecule has 27 heavy (non-hydrogen) atoms. The van der Waals surface area contributed by atoms with E-state index in [2.05, 4.69) is 0 Å². The highest BCUT2D eigenvalue weighted by Gasteiger charge is 2.31. The molecule has 1 fully saturated rings. The molecule has 1 heterocycles. The van der Waals surface area contributed by atoms with Gasteiger partial charge in [0.05, 0.1) is 17.6 Å². The molecule has 0 aromatic heterocycles. The third kappa shape index (κ3) is 3.88. The van der Waals surface area contributed by atoms with Crippen LogP contribution in [0.2, 0.25) is 0 Å². The number of nitrogens with zero attached hydrogens (tertiary/aromatic N) is 2. The van der Waals surface area contributed by atoms with Gasteiger partial charge in [0.2, 0.25) is 10.0 Å². The van der Waals surface area contributed by atoms with Crippen LogP contribution in [0, 0.1) is 5.82 Å². The van der Waals surface area contributed by atoms with Gasteiger partial charge in [-0.25, -0.2) is 12.8 Å². The number of phenolic OH excluding ortho intramolecular Hbond substituents is 1. The summed E-state index contributed by atoms with van der Waals surface area (Å²) in [4.78, 5) is 14.0. The molecule has 7 nitrogen and oxygen atoms in total. The quantitative estimate of drug-likeness (QED) is 0.853. The first-order chi connectivity index (χ1) is 12.8. The fraction of sp³-hybridized carbons (Fsp3) is 0.278. The number of amides is 1. The number of carbonyl (C=O) groups excluding carboxylic acids is 1. The fourth-order valence-electron chi connectivity index (χ4n) is 2.90. The Morgan fingerprint density at radius 1 is 1.11 bits per heavy atom. The molecule has 1 amide bonds. The van der Waals surface area contributed by atoms with Crippen LogP contribution in [0.4, 0.5) is 4.39 Å². The topological polar surface area (TPSA) is 87.2 Å². The first-order valence-corrected chi connectivity index (χ1v) is 9.69. The van der Waals surface area contributed by atoms with E-state index in [0.717, 1.165) is 6.07 Å². The number of methoxy groups -OCH3 is 1. The maximum absolute atomic E-state index is 13.3. The van der Waals surface area contributed by atoms with E-state index in [1.807, 2.05) is 0 Å². The number of halogens is 1. The van der Waals surface area contributed by atoms with Gasteiger partial charge in [-0.2, -0.15) is 4.31 Å². The van der Waals surface area contributed by atoms with Gasteiger partial charge in [-0.15, -0.1) is 0 Å². The second kappa shape index (κ2) is 7.53. The van der Waals surface area contributed by atoms with E-state index in [-0.39, 0.29) is 42.4 Å². The predicted molar refractivity (Wildman–Crippen MR) is 95.7 cm³/mol. The molecule has 0 bridgehead atoms. The lowest BCUT2D eigenvalue weighted by molar-refractivity contribution is 0.0695. The third-order valence-electron chi connectivity index (χ3n) is 4.40. The molecule has 2 aromatic carbocycles. The maximum atomic E-state index is 13.3. The molecule has 2 aromatic rings. The molecule has 3 rings (SSSR count). The minimum atomic E-state index is -3.83. The summed E-state index contributed by atoms with van der Waals surface area (Å²) in [6, 6.07) is 9.21. The summed E-state index contributed by atoms with van der Waals surface area (Å²) >= 11 is 0. The van der Waals surface area contributed by atoms with Crippen molar-refractivity contribution in [3.8, 4) is 11.5 Å². The van der Waals surface area contributed by atoms with E-state index in [9.17, 15) is 22.7 Å². The molecular formula is C18H19FN2O5S. The number of piperazine rings is 1. The summed E-state index contributed by atoms with van der Waals surface area (Å²) in [5.41, 5.74) is 0.122. The Morgan fingerprint density at radius 3 is 2.41 bits per heavy atom. The summed E-state index contributed by atoms with van der Waals surface area (Å²) in [7, 11) is -2.37. The van der Waals surface area contributed by atoms with Crippen LogP contribution in [0.3, 0.4) is 0 Å². The van der Waals surface area contributed by atoms with Gasteiger partial charge in [-0.1, -0.05) is 6.07 Å². The molecule has 9 heteroatoms. The van der Waals surface area contributed by atoms with Crippen molar-refractivity contribution in [2.24, 2.45) is 0 Å². The van der Waals surface area contributed by atoms with E-state index < -0.39 is 21.7 Å². The van der Waals surface area contributed by atoms with Crippen molar-refractivity contribution >= 4 is 15.9 Å². The van der Waals surface area contributed by atoms with Crippen LogP contribution < -0.4 is 4.74 Å². The summed E-state index contributed by atoms with van der Waals surface area (Å²) in [6.07, 6.45) is 0. The zero-order chi connectivity index (χ0) is 19.6. The number of sulfonamides is 1. The molecule has 1 aliphatic rings. The highest BCUT2D eigenvalue weighted by molar-refractivity contribution is 7.89. The Balaban J connectivity index is 1.71. The number of aromatic hydroxyl groups is 1. The average Bonchev–Trinajstić information content (AvgIpc) is 2.67. The number of ether oxygens (including phenoxy) is 1. The average molecular weight is 394 g/mol. The van der Waals surface area contributed by atoms with Gasteiger partial charge in [-0.3, -0.25) is 4.79 Å². The van der Waals surface area contributed by atoms with Crippen LogP contribution in [0.15, 0.2) is 47.4 Å². The summed E-state index contributed by atoms with van der Waals surface area (Å²) in [5, 5.41) is 10.0. The fourth-order valence-corrected chi connectivity index (χ4v) is 4.35. The van der Waals surface area contributed by atoms with E-state index in [1.165, 1.54) is 46.6 Å². The lowest BCUT2D eigenvalue weighted by Gasteiger charge is -2.34. The van der Waals surface area contributed by atoms with Gasteiger partial charge in [0.15, 0.2) is 0 Å². The molecular weight excluding hydrogens is 375 g/mol. The number of benzene rings is 2. The Hall–Kier alpha value is -2.65. The summed E-state index contributed by atoms with van der Waals surface area (Å²) < 4.78 is 44.8. The Morgan fingerprint density at radius 2 is 1.81 bits per heavy atom. The van der Waals surface area contributed by atoms with Crippen LogP contribution in [-0.4, -0.2) is 61.9 Å². The lowest BCUT2D eigenvalue weighted by Crippen LogP contribution is -2.50. The van der Waals surface area contributed by atoms with Crippen molar-refractivity contribution in [3.63, 3.8) is 0 Å². The second-order valence-corrected chi connectivity index (χ2v) is 7.97. The Kier molecular flexibility index (Phi) is 5.33. The number of carbonyl (C=O) groups is 1. The third-order valence-corrected chi connectivity index (χ3v) is 6.29. The Labute approximate surface area is 156 Å². The molecule has 1 N–H and O–H groups in total. The van der Waals surface area contributed by atoms with E-state index >= 15 is 0 Å². The largest absolute Gasteiger partial charge is 0.507 e. The van der Waals surface area contributed by atoms with Crippen molar-refractivity contribution in [1.29, 1.82) is 0 Å².